The maximum atomic E-state index is 9.07. The molecule has 0 saturated heterocycles. The van der Waals surface area contributed by atoms with E-state index < -0.39 is 42.3 Å². The minimum Gasteiger partial charge on any atom is -0.456 e. The van der Waals surface area contributed by atoms with Crippen molar-refractivity contribution in [1.29, 1.82) is 0 Å². The van der Waals surface area contributed by atoms with Crippen molar-refractivity contribution in [3.8, 4) is 39.9 Å². The summed E-state index contributed by atoms with van der Waals surface area (Å²) >= 11 is 0. The van der Waals surface area contributed by atoms with Gasteiger partial charge in [-0.15, -0.1) is 0 Å². The molecule has 0 fully saturated rings. The summed E-state index contributed by atoms with van der Waals surface area (Å²) < 4.78 is 84.6. The molecule has 0 aliphatic rings. The summed E-state index contributed by atoms with van der Waals surface area (Å²) in [5.74, 6) is 0.698. The van der Waals surface area contributed by atoms with Crippen LogP contribution in [-0.2, 0) is 0 Å². The monoisotopic (exact) mass is 573 g/mol. The maximum absolute atomic E-state index is 9.07. The molecule has 0 amide bonds. The number of aromatic nitrogens is 4. The van der Waals surface area contributed by atoms with Crippen LogP contribution in [-0.4, -0.2) is 19.5 Å². The Labute approximate surface area is 265 Å². The molecule has 44 heavy (non-hydrogen) atoms. The third-order valence-electron chi connectivity index (χ3n) is 7.68. The molecular weight excluding hydrogens is 540 g/mol. The summed E-state index contributed by atoms with van der Waals surface area (Å²) in [7, 11) is 0. The molecule has 0 unspecified atom stereocenters. The molecule has 0 atom stereocenters. The predicted molar refractivity (Wildman–Crippen MR) is 178 cm³/mol. The molecule has 0 radical (unpaired) electrons. The Morgan fingerprint density at radius 1 is 0.477 bits per heavy atom. The molecule has 3 aromatic heterocycles. The van der Waals surface area contributed by atoms with E-state index in [2.05, 4.69) is 0 Å². The van der Waals surface area contributed by atoms with Crippen LogP contribution in [0, 0.1) is 0 Å². The van der Waals surface area contributed by atoms with Crippen LogP contribution in [0.4, 0.5) is 0 Å². The number of hydrogen-bond acceptors (Lipinski definition) is 4. The molecule has 9 rings (SSSR count). The van der Waals surface area contributed by atoms with E-state index in [1.807, 2.05) is 72.8 Å². The first-order valence-corrected chi connectivity index (χ1v) is 13.9. The van der Waals surface area contributed by atoms with E-state index in [-0.39, 0.29) is 40.1 Å². The zero-order valence-corrected chi connectivity index (χ0v) is 22.9. The first-order chi connectivity index (χ1) is 25.5. The fourth-order valence-electron chi connectivity index (χ4n) is 5.65. The Balaban J connectivity index is 1.36. The summed E-state index contributed by atoms with van der Waals surface area (Å²) in [6.45, 7) is 0. The van der Waals surface area contributed by atoms with Crippen molar-refractivity contribution in [3.63, 3.8) is 0 Å². The number of nitrogens with zero attached hydrogens (tertiary/aromatic N) is 4. The highest BCUT2D eigenvalue weighted by atomic mass is 16.3. The van der Waals surface area contributed by atoms with Gasteiger partial charge in [0.25, 0.3) is 0 Å². The smallest absolute Gasteiger partial charge is 0.238 e. The zero-order valence-electron chi connectivity index (χ0n) is 31.9. The molecule has 0 spiro atoms. The van der Waals surface area contributed by atoms with Gasteiger partial charge in [0.05, 0.1) is 23.4 Å². The topological polar surface area (TPSA) is 56.7 Å². The molecule has 0 aliphatic heterocycles. The summed E-state index contributed by atoms with van der Waals surface area (Å²) in [5.41, 5.74) is 3.45. The second kappa shape index (κ2) is 9.75. The van der Waals surface area contributed by atoms with Gasteiger partial charge in [0.2, 0.25) is 5.95 Å². The van der Waals surface area contributed by atoms with E-state index in [4.69, 9.17) is 31.7 Å². The van der Waals surface area contributed by atoms with Crippen molar-refractivity contribution in [2.45, 2.75) is 0 Å². The van der Waals surface area contributed by atoms with Gasteiger partial charge in [-0.25, -0.2) is 4.98 Å². The average molecular weight is 574 g/mol. The summed E-state index contributed by atoms with van der Waals surface area (Å²) in [4.78, 5) is 14.6. The number of furan rings is 1. The van der Waals surface area contributed by atoms with Gasteiger partial charge in [0.15, 0.2) is 11.6 Å². The molecule has 0 N–H and O–H groups in total. The SMILES string of the molecule is [2H]c1c([2H])c([2H])c(-c2ccc3c(c2)c2c([2H])c([2H])c([2H])c([2H])c2n3-c2nc(-c3ccccc3)nc(-c3ccc4c(c3)oc3ccccc34)n2)c([2H])c1[2H]. The number of benzene rings is 6. The Morgan fingerprint density at radius 3 is 2.09 bits per heavy atom. The van der Waals surface area contributed by atoms with E-state index in [1.54, 1.807) is 22.8 Å². The third kappa shape index (κ3) is 3.91. The van der Waals surface area contributed by atoms with E-state index in [0.29, 0.717) is 39.3 Å². The van der Waals surface area contributed by atoms with E-state index in [9.17, 15) is 0 Å². The lowest BCUT2D eigenvalue weighted by molar-refractivity contribution is 0.669. The molecule has 0 aliphatic carbocycles. The van der Waals surface area contributed by atoms with Gasteiger partial charge >= 0.3 is 0 Å². The normalized spacial score (nSPS) is 14.5. The second-order valence-corrected chi connectivity index (χ2v) is 10.2. The van der Waals surface area contributed by atoms with Crippen LogP contribution in [0.15, 0.2) is 150 Å². The molecule has 0 saturated carbocycles. The van der Waals surface area contributed by atoms with Crippen LogP contribution in [0.2, 0.25) is 0 Å². The van der Waals surface area contributed by atoms with Crippen molar-refractivity contribution in [2.75, 3.05) is 0 Å². The van der Waals surface area contributed by atoms with Gasteiger partial charge in [-0.2, -0.15) is 9.97 Å². The minimum atomic E-state index is -0.519. The fourth-order valence-corrected chi connectivity index (χ4v) is 5.65. The van der Waals surface area contributed by atoms with Gasteiger partial charge in [0.1, 0.15) is 11.2 Å². The van der Waals surface area contributed by atoms with Gasteiger partial charge in [-0.05, 0) is 47.5 Å². The number of hydrogen-bond donors (Lipinski definition) is 0. The lowest BCUT2D eigenvalue weighted by atomic mass is 10.0. The number of rotatable bonds is 4. The number of para-hydroxylation sites is 2. The number of fused-ring (bicyclic) bond motifs is 6. The van der Waals surface area contributed by atoms with Crippen LogP contribution in [0.1, 0.15) is 12.3 Å². The molecule has 5 nitrogen and oxygen atoms in total. The van der Waals surface area contributed by atoms with Gasteiger partial charge in [0, 0.05) is 32.7 Å². The van der Waals surface area contributed by atoms with Gasteiger partial charge < -0.3 is 4.42 Å². The summed E-state index contributed by atoms with van der Waals surface area (Å²) in [5, 5.41) is 2.41. The third-order valence-corrected chi connectivity index (χ3v) is 7.68. The van der Waals surface area contributed by atoms with Gasteiger partial charge in [-0.3, -0.25) is 4.57 Å². The molecule has 6 aromatic carbocycles. The van der Waals surface area contributed by atoms with Crippen molar-refractivity contribution in [2.24, 2.45) is 0 Å². The lowest BCUT2D eigenvalue weighted by Crippen LogP contribution is -2.06. The zero-order chi connectivity index (χ0) is 36.9. The molecule has 9 aromatic rings. The van der Waals surface area contributed by atoms with E-state index >= 15 is 0 Å². The summed E-state index contributed by atoms with van der Waals surface area (Å²) in [6, 6.07) is 23.7. The molecule has 0 bridgehead atoms. The van der Waals surface area contributed by atoms with Crippen LogP contribution < -0.4 is 0 Å². The largest absolute Gasteiger partial charge is 0.456 e. The van der Waals surface area contributed by atoms with E-state index in [0.717, 1.165) is 16.4 Å². The Bertz CT molecular complexity index is 2990. The van der Waals surface area contributed by atoms with Crippen LogP contribution in [0.25, 0.3) is 83.6 Å². The first-order valence-electron chi connectivity index (χ1n) is 18.4. The molecule has 3 heterocycles. The Hall–Kier alpha value is -6.07. The maximum Gasteiger partial charge on any atom is 0.238 e. The van der Waals surface area contributed by atoms with Crippen LogP contribution in [0.5, 0.6) is 0 Å². The predicted octanol–water partition coefficient (Wildman–Crippen LogP) is 9.87. The van der Waals surface area contributed by atoms with Crippen molar-refractivity contribution in [3.05, 3.63) is 145 Å². The highest BCUT2D eigenvalue weighted by Gasteiger charge is 2.19. The quantitative estimate of drug-likeness (QED) is 0.210. The first kappa shape index (κ1) is 17.1. The summed E-state index contributed by atoms with van der Waals surface area (Å²) in [6.07, 6.45) is 0. The average Bonchev–Trinajstić information content (AvgIpc) is 3.73. The van der Waals surface area contributed by atoms with Crippen molar-refractivity contribution >= 4 is 43.7 Å². The molecular formula is C39H24N4O. The standard InChI is InChI=1S/C39H24N4O/c1-3-11-25(12-4-1)27-20-22-34-32(23-27)29-15-7-9-17-33(29)43(34)39-41-37(26-13-5-2-6-14-26)40-38(42-39)28-19-21-31-30-16-8-10-18-35(30)44-36(31)24-28/h1-24H/i1D,3D,4D,7D,9D,11D,12D,15D,17D. The van der Waals surface area contributed by atoms with Gasteiger partial charge in [-0.1, -0.05) is 109 Å². The highest BCUT2D eigenvalue weighted by molar-refractivity contribution is 6.10. The van der Waals surface area contributed by atoms with E-state index in [1.165, 1.54) is 0 Å². The minimum absolute atomic E-state index is 0.0329. The molecule has 5 heteroatoms. The second-order valence-electron chi connectivity index (χ2n) is 10.2. The highest BCUT2D eigenvalue weighted by Crippen LogP contribution is 2.36. The van der Waals surface area contributed by atoms with Crippen molar-refractivity contribution < 1.29 is 16.8 Å². The lowest BCUT2D eigenvalue weighted by Gasteiger charge is -2.11. The van der Waals surface area contributed by atoms with Crippen molar-refractivity contribution in [1.82, 2.24) is 19.5 Å². The Kier molecular flexibility index (Phi) is 3.80. The van der Waals surface area contributed by atoms with Crippen LogP contribution in [0.3, 0.4) is 0 Å². The molecule has 206 valence electrons. The fraction of sp³-hybridized carbons (Fsp3) is 0. The Morgan fingerprint density at radius 2 is 1.20 bits per heavy atom. The van der Waals surface area contributed by atoms with Crippen LogP contribution >= 0.6 is 0 Å².